The minimum absolute atomic E-state index is 0.00666. The molecule has 0 bridgehead atoms. The summed E-state index contributed by atoms with van der Waals surface area (Å²) in [5.41, 5.74) is 8.11. The molecule has 0 unspecified atom stereocenters. The van der Waals surface area contributed by atoms with Crippen molar-refractivity contribution in [3.05, 3.63) is 87.7 Å². The fourth-order valence-corrected chi connectivity index (χ4v) is 4.59. The monoisotopic (exact) mass is 480 g/mol. The highest BCUT2D eigenvalue weighted by Gasteiger charge is 2.26. The van der Waals surface area contributed by atoms with Crippen LogP contribution in [0.3, 0.4) is 0 Å². The molecule has 0 saturated heterocycles. The Labute approximate surface area is 201 Å². The largest absolute Gasteiger partial charge is 0.493 e. The molecule has 6 nitrogen and oxygen atoms in total. The van der Waals surface area contributed by atoms with Crippen molar-refractivity contribution in [2.24, 2.45) is 5.10 Å². The van der Waals surface area contributed by atoms with Gasteiger partial charge in [0, 0.05) is 16.5 Å². The van der Waals surface area contributed by atoms with E-state index in [0.717, 1.165) is 33.7 Å². The Morgan fingerprint density at radius 3 is 2.61 bits per heavy atom. The number of hydrogen-bond donors (Lipinski definition) is 1. The zero-order valence-corrected chi connectivity index (χ0v) is 19.7. The van der Waals surface area contributed by atoms with E-state index in [4.69, 9.17) is 37.7 Å². The Morgan fingerprint density at radius 2 is 1.82 bits per heavy atom. The molecule has 1 aliphatic heterocycles. The van der Waals surface area contributed by atoms with Gasteiger partial charge in [-0.05, 0) is 47.5 Å². The standard InChI is InChI=1S/C25H22Cl2N4O2/c1-32-23-10-8-15(11-24(23)33-2)20-13-21(30-29-20)25-28-19-5-3-4-6-22(19)31(25)14-16-7-9-17(26)12-18(16)27/h3-12,20,29H,13-14H2,1-2H3/t20-/m1/s1. The summed E-state index contributed by atoms with van der Waals surface area (Å²) in [6.45, 7) is 0.561. The van der Waals surface area contributed by atoms with Gasteiger partial charge in [0.25, 0.3) is 0 Å². The maximum atomic E-state index is 6.48. The van der Waals surface area contributed by atoms with Crippen LogP contribution in [0.2, 0.25) is 10.0 Å². The predicted octanol–water partition coefficient (Wildman–Crippen LogP) is 5.85. The molecule has 1 atom stereocenters. The van der Waals surface area contributed by atoms with E-state index < -0.39 is 0 Å². The van der Waals surface area contributed by atoms with Gasteiger partial charge in [-0.2, -0.15) is 5.10 Å². The molecule has 0 aliphatic carbocycles. The van der Waals surface area contributed by atoms with E-state index in [-0.39, 0.29) is 6.04 Å². The number of ether oxygens (including phenoxy) is 2. The number of rotatable bonds is 6. The summed E-state index contributed by atoms with van der Waals surface area (Å²) in [5, 5.41) is 5.89. The van der Waals surface area contributed by atoms with E-state index in [1.807, 2.05) is 48.5 Å². The summed E-state index contributed by atoms with van der Waals surface area (Å²) in [4.78, 5) is 4.91. The van der Waals surface area contributed by atoms with E-state index >= 15 is 0 Å². The number of nitrogens with one attached hydrogen (secondary N) is 1. The van der Waals surface area contributed by atoms with Crippen LogP contribution in [0.15, 0.2) is 65.8 Å². The second-order valence-corrected chi connectivity index (χ2v) is 8.65. The van der Waals surface area contributed by atoms with E-state index in [1.54, 1.807) is 20.3 Å². The molecular formula is C25H22Cl2N4O2. The Bertz CT molecular complexity index is 1370. The summed E-state index contributed by atoms with van der Waals surface area (Å²) < 4.78 is 13.0. The second-order valence-electron chi connectivity index (χ2n) is 7.80. The van der Waals surface area contributed by atoms with Crippen molar-refractivity contribution in [2.45, 2.75) is 19.0 Å². The predicted molar refractivity (Wildman–Crippen MR) is 132 cm³/mol. The number of benzene rings is 3. The third kappa shape index (κ3) is 4.12. The Balaban J connectivity index is 1.49. The van der Waals surface area contributed by atoms with E-state index in [0.29, 0.717) is 34.5 Å². The summed E-state index contributed by atoms with van der Waals surface area (Å²) >= 11 is 12.6. The van der Waals surface area contributed by atoms with Crippen LogP contribution in [0.4, 0.5) is 0 Å². The molecule has 1 N–H and O–H groups in total. The van der Waals surface area contributed by atoms with Gasteiger partial charge in [-0.1, -0.05) is 47.5 Å². The van der Waals surface area contributed by atoms with Crippen molar-refractivity contribution >= 4 is 39.9 Å². The SMILES string of the molecule is COc1ccc([C@H]2CC(c3nc4ccccc4n3Cc3ccc(Cl)cc3Cl)=NN2)cc1OC. The first-order valence-electron chi connectivity index (χ1n) is 10.5. The van der Waals surface area contributed by atoms with Gasteiger partial charge in [0.1, 0.15) is 5.71 Å². The average molecular weight is 481 g/mol. The fraction of sp³-hybridized carbons (Fsp3) is 0.200. The van der Waals surface area contributed by atoms with Crippen LogP contribution >= 0.6 is 23.2 Å². The summed E-state index contributed by atoms with van der Waals surface area (Å²) in [7, 11) is 3.26. The molecule has 4 aromatic rings. The number of imidazole rings is 1. The lowest BCUT2D eigenvalue weighted by Crippen LogP contribution is -2.13. The van der Waals surface area contributed by atoms with E-state index in [1.165, 1.54) is 0 Å². The third-order valence-corrected chi connectivity index (χ3v) is 6.41. The maximum absolute atomic E-state index is 6.48. The molecule has 1 aliphatic rings. The Hall–Kier alpha value is -3.22. The van der Waals surface area contributed by atoms with Gasteiger partial charge in [-0.15, -0.1) is 0 Å². The lowest BCUT2D eigenvalue weighted by atomic mass is 10.0. The second kappa shape index (κ2) is 8.96. The number of fused-ring (bicyclic) bond motifs is 1. The molecule has 2 heterocycles. The number of para-hydroxylation sites is 2. The van der Waals surface area contributed by atoms with Crippen LogP contribution in [0.5, 0.6) is 11.5 Å². The molecule has 33 heavy (non-hydrogen) atoms. The molecule has 168 valence electrons. The van der Waals surface area contributed by atoms with Crippen molar-refractivity contribution in [1.29, 1.82) is 0 Å². The quantitative estimate of drug-likeness (QED) is 0.376. The van der Waals surface area contributed by atoms with Gasteiger partial charge in [0.15, 0.2) is 17.3 Å². The molecule has 0 radical (unpaired) electrons. The van der Waals surface area contributed by atoms with Crippen LogP contribution in [0, 0.1) is 0 Å². The molecule has 0 amide bonds. The number of methoxy groups -OCH3 is 2. The molecule has 8 heteroatoms. The van der Waals surface area contributed by atoms with Crippen LogP contribution in [0.25, 0.3) is 11.0 Å². The van der Waals surface area contributed by atoms with E-state index in [9.17, 15) is 0 Å². The van der Waals surface area contributed by atoms with Crippen LogP contribution < -0.4 is 14.9 Å². The average Bonchev–Trinajstić information content (AvgIpc) is 3.45. The fourth-order valence-electron chi connectivity index (χ4n) is 4.12. The summed E-state index contributed by atoms with van der Waals surface area (Å²) in [6, 6.07) is 19.5. The minimum atomic E-state index is 0.00666. The third-order valence-electron chi connectivity index (χ3n) is 5.82. The molecular weight excluding hydrogens is 459 g/mol. The van der Waals surface area contributed by atoms with Crippen LogP contribution in [-0.2, 0) is 6.54 Å². The van der Waals surface area contributed by atoms with Crippen molar-refractivity contribution in [3.8, 4) is 11.5 Å². The lowest BCUT2D eigenvalue weighted by Gasteiger charge is -2.14. The Morgan fingerprint density at radius 1 is 1.00 bits per heavy atom. The number of hydrogen-bond acceptors (Lipinski definition) is 5. The molecule has 0 saturated carbocycles. The van der Waals surface area contributed by atoms with Crippen molar-refractivity contribution in [3.63, 3.8) is 0 Å². The van der Waals surface area contributed by atoms with Gasteiger partial charge in [0.2, 0.25) is 0 Å². The van der Waals surface area contributed by atoms with Crippen molar-refractivity contribution < 1.29 is 9.47 Å². The number of hydrazone groups is 1. The summed E-state index contributed by atoms with van der Waals surface area (Å²) in [5.74, 6) is 2.20. The minimum Gasteiger partial charge on any atom is -0.493 e. The normalized spacial score (nSPS) is 15.4. The van der Waals surface area contributed by atoms with Crippen molar-refractivity contribution in [1.82, 2.24) is 15.0 Å². The number of aromatic nitrogens is 2. The highest BCUT2D eigenvalue weighted by molar-refractivity contribution is 6.35. The maximum Gasteiger partial charge on any atom is 0.161 e. The lowest BCUT2D eigenvalue weighted by molar-refractivity contribution is 0.354. The number of nitrogens with zero attached hydrogens (tertiary/aromatic N) is 3. The zero-order chi connectivity index (χ0) is 22.9. The first-order chi connectivity index (χ1) is 16.1. The first-order valence-corrected chi connectivity index (χ1v) is 11.3. The molecule has 0 fully saturated rings. The Kier molecular flexibility index (Phi) is 5.87. The van der Waals surface area contributed by atoms with Gasteiger partial charge < -0.3 is 19.5 Å². The number of halogens is 2. The summed E-state index contributed by atoms with van der Waals surface area (Å²) in [6.07, 6.45) is 0.688. The zero-order valence-electron chi connectivity index (χ0n) is 18.2. The van der Waals surface area contributed by atoms with Crippen molar-refractivity contribution in [2.75, 3.05) is 14.2 Å². The molecule has 0 spiro atoms. The smallest absolute Gasteiger partial charge is 0.161 e. The van der Waals surface area contributed by atoms with Crippen LogP contribution in [-0.4, -0.2) is 29.5 Å². The molecule has 5 rings (SSSR count). The highest BCUT2D eigenvalue weighted by Crippen LogP contribution is 2.33. The molecule has 1 aromatic heterocycles. The van der Waals surface area contributed by atoms with Gasteiger partial charge in [-0.25, -0.2) is 4.98 Å². The highest BCUT2D eigenvalue weighted by atomic mass is 35.5. The van der Waals surface area contributed by atoms with Gasteiger partial charge >= 0.3 is 0 Å². The molecule has 3 aromatic carbocycles. The first kappa shape index (κ1) is 21.6. The van der Waals surface area contributed by atoms with Gasteiger partial charge in [-0.3, -0.25) is 0 Å². The van der Waals surface area contributed by atoms with Gasteiger partial charge in [0.05, 0.1) is 37.8 Å². The van der Waals surface area contributed by atoms with Crippen LogP contribution in [0.1, 0.15) is 29.4 Å². The van der Waals surface area contributed by atoms with E-state index in [2.05, 4.69) is 21.2 Å². The topological polar surface area (TPSA) is 60.7 Å².